The summed E-state index contributed by atoms with van der Waals surface area (Å²) >= 11 is 3.39. The maximum absolute atomic E-state index is 12.0. The summed E-state index contributed by atoms with van der Waals surface area (Å²) in [6.07, 6.45) is 1.27. The van der Waals surface area contributed by atoms with Gasteiger partial charge in [-0.15, -0.1) is 10.2 Å². The summed E-state index contributed by atoms with van der Waals surface area (Å²) in [7, 11) is 0. The molecule has 6 nitrogen and oxygen atoms in total. The van der Waals surface area contributed by atoms with Crippen LogP contribution >= 0.6 is 15.9 Å². The molecular weight excluding hydrogens is 386 g/mol. The van der Waals surface area contributed by atoms with Gasteiger partial charge in [-0.2, -0.15) is 0 Å². The minimum atomic E-state index is -0.184. The molecule has 0 radical (unpaired) electrons. The van der Waals surface area contributed by atoms with Crippen LogP contribution in [0.5, 0.6) is 5.75 Å². The fraction of sp³-hybridized carbons (Fsp3) is 0.167. The zero-order chi connectivity index (χ0) is 17.6. The minimum Gasteiger partial charge on any atom is -0.484 e. The van der Waals surface area contributed by atoms with Gasteiger partial charge in [0.15, 0.2) is 6.61 Å². The van der Waals surface area contributed by atoms with E-state index in [1.807, 2.05) is 31.2 Å². The van der Waals surface area contributed by atoms with Crippen molar-refractivity contribution in [1.29, 1.82) is 0 Å². The fourth-order valence-electron chi connectivity index (χ4n) is 2.26. The van der Waals surface area contributed by atoms with Crippen LogP contribution in [0, 0.1) is 0 Å². The lowest BCUT2D eigenvalue weighted by Crippen LogP contribution is -2.31. The van der Waals surface area contributed by atoms with E-state index >= 15 is 0 Å². The normalized spacial score (nSPS) is 11.8. The number of nitrogens with zero attached hydrogens (tertiary/aromatic N) is 2. The predicted molar refractivity (Wildman–Crippen MR) is 95.9 cm³/mol. The summed E-state index contributed by atoms with van der Waals surface area (Å²) in [6, 6.07) is 14.8. The van der Waals surface area contributed by atoms with Crippen molar-refractivity contribution in [2.45, 2.75) is 13.0 Å². The molecule has 128 valence electrons. The molecule has 0 aliphatic rings. The van der Waals surface area contributed by atoms with E-state index in [0.717, 1.165) is 15.6 Å². The number of ether oxygens (including phenoxy) is 1. The van der Waals surface area contributed by atoms with Crippen molar-refractivity contribution in [3.63, 3.8) is 0 Å². The molecule has 0 saturated carbocycles. The Morgan fingerprint density at radius 3 is 2.56 bits per heavy atom. The maximum Gasteiger partial charge on any atom is 0.258 e. The summed E-state index contributed by atoms with van der Waals surface area (Å²) < 4.78 is 11.6. The number of rotatable bonds is 6. The zero-order valence-corrected chi connectivity index (χ0v) is 15.1. The summed E-state index contributed by atoms with van der Waals surface area (Å²) in [5.41, 5.74) is 1.82. The molecule has 1 N–H and O–H groups in total. The van der Waals surface area contributed by atoms with Crippen molar-refractivity contribution in [1.82, 2.24) is 15.5 Å². The Bertz CT molecular complexity index is 818. The second kappa shape index (κ2) is 7.94. The Balaban J connectivity index is 1.51. The van der Waals surface area contributed by atoms with E-state index in [1.165, 1.54) is 6.39 Å². The first-order valence-corrected chi connectivity index (χ1v) is 8.45. The van der Waals surface area contributed by atoms with Crippen LogP contribution in [0.15, 0.2) is 63.8 Å². The van der Waals surface area contributed by atoms with Gasteiger partial charge in [0.2, 0.25) is 12.3 Å². The van der Waals surface area contributed by atoms with Gasteiger partial charge < -0.3 is 14.5 Å². The summed E-state index contributed by atoms with van der Waals surface area (Å²) in [5, 5.41) is 10.4. The average molecular weight is 402 g/mol. The molecule has 1 aromatic heterocycles. The van der Waals surface area contributed by atoms with E-state index in [2.05, 4.69) is 31.4 Å². The Morgan fingerprint density at radius 1 is 1.20 bits per heavy atom. The Labute approximate surface area is 153 Å². The van der Waals surface area contributed by atoms with Crippen LogP contribution in [0.4, 0.5) is 0 Å². The third-order valence-electron chi connectivity index (χ3n) is 3.58. The molecule has 2 aromatic carbocycles. The van der Waals surface area contributed by atoms with E-state index in [-0.39, 0.29) is 18.6 Å². The SMILES string of the molecule is C[C@H](NC(=O)COc1ccc(-c2nnco2)cc1)c1ccc(Br)cc1. The lowest BCUT2D eigenvalue weighted by atomic mass is 10.1. The van der Waals surface area contributed by atoms with Crippen LogP contribution in [0.25, 0.3) is 11.5 Å². The van der Waals surface area contributed by atoms with Crippen molar-refractivity contribution in [3.05, 3.63) is 65.0 Å². The van der Waals surface area contributed by atoms with E-state index in [9.17, 15) is 4.79 Å². The van der Waals surface area contributed by atoms with Gasteiger partial charge in [0.05, 0.1) is 6.04 Å². The number of aromatic nitrogens is 2. The van der Waals surface area contributed by atoms with Crippen molar-refractivity contribution >= 4 is 21.8 Å². The number of benzene rings is 2. The Kier molecular flexibility index (Phi) is 5.45. The molecule has 0 unspecified atom stereocenters. The van der Waals surface area contributed by atoms with Crippen molar-refractivity contribution in [2.24, 2.45) is 0 Å². The largest absolute Gasteiger partial charge is 0.484 e. The Hall–Kier alpha value is -2.67. The number of hydrogen-bond donors (Lipinski definition) is 1. The Morgan fingerprint density at radius 2 is 1.92 bits per heavy atom. The zero-order valence-electron chi connectivity index (χ0n) is 13.5. The third-order valence-corrected chi connectivity index (χ3v) is 4.11. The minimum absolute atomic E-state index is 0.0548. The van der Waals surface area contributed by atoms with Crippen molar-refractivity contribution < 1.29 is 13.9 Å². The average Bonchev–Trinajstić information content (AvgIpc) is 3.15. The van der Waals surface area contributed by atoms with E-state index in [1.54, 1.807) is 24.3 Å². The van der Waals surface area contributed by atoms with E-state index in [0.29, 0.717) is 11.6 Å². The highest BCUT2D eigenvalue weighted by Crippen LogP contribution is 2.20. The van der Waals surface area contributed by atoms with Gasteiger partial charge in [0, 0.05) is 10.0 Å². The molecule has 1 atom stereocenters. The molecule has 0 aliphatic heterocycles. The molecule has 7 heteroatoms. The monoisotopic (exact) mass is 401 g/mol. The number of nitrogens with one attached hydrogen (secondary N) is 1. The number of carbonyl (C=O) groups excluding carboxylic acids is 1. The van der Waals surface area contributed by atoms with Crippen LogP contribution in [0.2, 0.25) is 0 Å². The molecule has 3 aromatic rings. The molecule has 3 rings (SSSR count). The molecule has 25 heavy (non-hydrogen) atoms. The van der Waals surface area contributed by atoms with Gasteiger partial charge in [-0.3, -0.25) is 4.79 Å². The van der Waals surface area contributed by atoms with Crippen molar-refractivity contribution in [2.75, 3.05) is 6.61 Å². The highest BCUT2D eigenvalue weighted by Gasteiger charge is 2.10. The fourth-order valence-corrected chi connectivity index (χ4v) is 2.52. The summed E-state index contributed by atoms with van der Waals surface area (Å²) in [6.45, 7) is 1.88. The maximum atomic E-state index is 12.0. The van der Waals surface area contributed by atoms with Gasteiger partial charge in [0.1, 0.15) is 5.75 Å². The van der Waals surface area contributed by atoms with Gasteiger partial charge >= 0.3 is 0 Å². The van der Waals surface area contributed by atoms with Crippen LogP contribution in [-0.4, -0.2) is 22.7 Å². The van der Waals surface area contributed by atoms with Crippen LogP contribution in [0.1, 0.15) is 18.5 Å². The van der Waals surface area contributed by atoms with Gasteiger partial charge in [-0.25, -0.2) is 0 Å². The van der Waals surface area contributed by atoms with Gasteiger partial charge in [-0.1, -0.05) is 28.1 Å². The smallest absolute Gasteiger partial charge is 0.258 e. The first kappa shape index (κ1) is 17.2. The second-order valence-electron chi connectivity index (χ2n) is 5.40. The van der Waals surface area contributed by atoms with Crippen LogP contribution < -0.4 is 10.1 Å². The second-order valence-corrected chi connectivity index (χ2v) is 6.31. The number of halogens is 1. The number of hydrogen-bond acceptors (Lipinski definition) is 5. The van der Waals surface area contributed by atoms with E-state index < -0.39 is 0 Å². The molecular formula is C18H16BrN3O3. The van der Waals surface area contributed by atoms with Crippen LogP contribution in [0.3, 0.4) is 0 Å². The van der Waals surface area contributed by atoms with Crippen LogP contribution in [-0.2, 0) is 4.79 Å². The standard InChI is InChI=1S/C18H16BrN3O3/c1-12(13-2-6-15(19)7-3-13)21-17(23)10-24-16-8-4-14(5-9-16)18-22-20-11-25-18/h2-9,11-12H,10H2,1H3,(H,21,23)/t12-/m0/s1. The summed E-state index contributed by atoms with van der Waals surface area (Å²) in [5.74, 6) is 0.846. The topological polar surface area (TPSA) is 77.2 Å². The number of amides is 1. The van der Waals surface area contributed by atoms with Gasteiger partial charge in [-0.05, 0) is 48.9 Å². The highest BCUT2D eigenvalue weighted by molar-refractivity contribution is 9.10. The highest BCUT2D eigenvalue weighted by atomic mass is 79.9. The molecule has 0 fully saturated rings. The molecule has 0 aliphatic carbocycles. The molecule has 0 bridgehead atoms. The summed E-state index contributed by atoms with van der Waals surface area (Å²) in [4.78, 5) is 12.0. The molecule has 1 heterocycles. The predicted octanol–water partition coefficient (Wildman–Crippen LogP) is 3.76. The quantitative estimate of drug-likeness (QED) is 0.680. The molecule has 1 amide bonds. The first-order chi connectivity index (χ1) is 12.1. The number of carbonyl (C=O) groups is 1. The molecule has 0 saturated heterocycles. The first-order valence-electron chi connectivity index (χ1n) is 7.66. The van der Waals surface area contributed by atoms with Crippen molar-refractivity contribution in [3.8, 4) is 17.2 Å². The van der Waals surface area contributed by atoms with E-state index in [4.69, 9.17) is 9.15 Å². The van der Waals surface area contributed by atoms with Gasteiger partial charge in [0.25, 0.3) is 5.91 Å². The molecule has 0 spiro atoms. The lowest BCUT2D eigenvalue weighted by molar-refractivity contribution is -0.123. The third kappa shape index (κ3) is 4.67. The lowest BCUT2D eigenvalue weighted by Gasteiger charge is -2.15.